The summed E-state index contributed by atoms with van der Waals surface area (Å²) in [5, 5.41) is 2.97. The van der Waals surface area contributed by atoms with Crippen LogP contribution in [0, 0.1) is 19.8 Å². The number of carbonyl (C=O) groups is 1. The van der Waals surface area contributed by atoms with Crippen molar-refractivity contribution >= 4 is 16.9 Å². The highest BCUT2D eigenvalue weighted by molar-refractivity contribution is 5.81. The van der Waals surface area contributed by atoms with E-state index in [1.165, 1.54) is 0 Å². The molecule has 142 valence electrons. The second-order valence-corrected chi connectivity index (χ2v) is 7.36. The molecule has 5 nitrogen and oxygen atoms in total. The molecule has 0 atom stereocenters. The van der Waals surface area contributed by atoms with Crippen LogP contribution in [0.4, 0.5) is 0 Å². The molecule has 0 saturated carbocycles. The van der Waals surface area contributed by atoms with Crippen molar-refractivity contribution in [1.82, 2.24) is 14.9 Å². The standard InChI is InChI=1S/C22H27N3O2/c1-15(2)12-23-22(26)13-25-19-8-6-5-7-18(19)24-21(25)14-27-20-11-16(3)9-10-17(20)4/h5-11,15H,12-14H2,1-4H3,(H,23,26). The molecular weight excluding hydrogens is 338 g/mol. The summed E-state index contributed by atoms with van der Waals surface area (Å²) in [6.45, 7) is 9.44. The summed E-state index contributed by atoms with van der Waals surface area (Å²) in [6, 6.07) is 14.0. The molecule has 0 unspecified atom stereocenters. The number of carbonyl (C=O) groups excluding carboxylic acids is 1. The Morgan fingerprint density at radius 2 is 1.96 bits per heavy atom. The first-order valence-corrected chi connectivity index (χ1v) is 9.35. The summed E-state index contributed by atoms with van der Waals surface area (Å²) in [4.78, 5) is 17.1. The van der Waals surface area contributed by atoms with E-state index in [0.29, 0.717) is 19.1 Å². The summed E-state index contributed by atoms with van der Waals surface area (Å²) >= 11 is 0. The second kappa shape index (κ2) is 8.25. The van der Waals surface area contributed by atoms with Crippen LogP contribution in [-0.4, -0.2) is 22.0 Å². The second-order valence-electron chi connectivity index (χ2n) is 7.36. The normalized spacial score (nSPS) is 11.1. The van der Waals surface area contributed by atoms with Crippen LogP contribution >= 0.6 is 0 Å². The average molecular weight is 365 g/mol. The number of aromatic nitrogens is 2. The maximum absolute atomic E-state index is 12.4. The number of amides is 1. The zero-order valence-electron chi connectivity index (χ0n) is 16.5. The third-order valence-electron chi connectivity index (χ3n) is 4.44. The molecule has 0 aliphatic heterocycles. The van der Waals surface area contributed by atoms with E-state index in [2.05, 4.69) is 30.2 Å². The minimum Gasteiger partial charge on any atom is -0.485 e. The van der Waals surface area contributed by atoms with Gasteiger partial charge in [0.15, 0.2) is 0 Å². The van der Waals surface area contributed by atoms with Crippen LogP contribution in [0.25, 0.3) is 11.0 Å². The maximum Gasteiger partial charge on any atom is 0.240 e. The predicted octanol–water partition coefficient (Wildman–Crippen LogP) is 4.00. The Morgan fingerprint density at radius 3 is 2.74 bits per heavy atom. The van der Waals surface area contributed by atoms with Crippen molar-refractivity contribution in [2.75, 3.05) is 6.54 Å². The van der Waals surface area contributed by atoms with Crippen LogP contribution in [0.5, 0.6) is 5.75 Å². The zero-order valence-corrected chi connectivity index (χ0v) is 16.5. The third kappa shape index (κ3) is 4.67. The van der Waals surface area contributed by atoms with E-state index < -0.39 is 0 Å². The van der Waals surface area contributed by atoms with Gasteiger partial charge in [-0.25, -0.2) is 4.98 Å². The van der Waals surface area contributed by atoms with Crippen LogP contribution in [0.2, 0.25) is 0 Å². The van der Waals surface area contributed by atoms with Gasteiger partial charge in [-0.3, -0.25) is 4.79 Å². The van der Waals surface area contributed by atoms with Crippen LogP contribution in [-0.2, 0) is 17.9 Å². The van der Waals surface area contributed by atoms with Gasteiger partial charge in [0.1, 0.15) is 24.7 Å². The fraction of sp³-hybridized carbons (Fsp3) is 0.364. The monoisotopic (exact) mass is 365 g/mol. The highest BCUT2D eigenvalue weighted by Crippen LogP contribution is 2.22. The van der Waals surface area contributed by atoms with Crippen LogP contribution in [0.15, 0.2) is 42.5 Å². The highest BCUT2D eigenvalue weighted by atomic mass is 16.5. The smallest absolute Gasteiger partial charge is 0.240 e. The molecule has 0 fully saturated rings. The number of hydrogen-bond acceptors (Lipinski definition) is 3. The molecule has 27 heavy (non-hydrogen) atoms. The molecule has 0 saturated heterocycles. The molecule has 1 heterocycles. The van der Waals surface area contributed by atoms with Gasteiger partial charge in [-0.2, -0.15) is 0 Å². The molecule has 1 aromatic heterocycles. The Hall–Kier alpha value is -2.82. The predicted molar refractivity (Wildman–Crippen MR) is 108 cm³/mol. The van der Waals surface area contributed by atoms with E-state index in [1.807, 2.05) is 54.8 Å². The summed E-state index contributed by atoms with van der Waals surface area (Å²) in [7, 11) is 0. The Bertz CT molecular complexity index is 944. The quantitative estimate of drug-likeness (QED) is 0.688. The zero-order chi connectivity index (χ0) is 19.4. The van der Waals surface area contributed by atoms with Crippen molar-refractivity contribution in [1.29, 1.82) is 0 Å². The lowest BCUT2D eigenvalue weighted by Gasteiger charge is -2.13. The van der Waals surface area contributed by atoms with Gasteiger partial charge in [0.05, 0.1) is 11.0 Å². The summed E-state index contributed by atoms with van der Waals surface area (Å²) in [5.41, 5.74) is 4.04. The van der Waals surface area contributed by atoms with Crippen molar-refractivity contribution in [2.24, 2.45) is 5.92 Å². The SMILES string of the molecule is Cc1ccc(C)c(OCc2nc3ccccc3n2CC(=O)NCC(C)C)c1. The number of nitrogens with one attached hydrogen (secondary N) is 1. The van der Waals surface area contributed by atoms with Crippen LogP contribution in [0.3, 0.4) is 0 Å². The first-order chi connectivity index (χ1) is 12.9. The van der Waals surface area contributed by atoms with Crippen molar-refractivity contribution in [3.05, 3.63) is 59.4 Å². The van der Waals surface area contributed by atoms with Crippen LogP contribution < -0.4 is 10.1 Å². The lowest BCUT2D eigenvalue weighted by molar-refractivity contribution is -0.121. The van der Waals surface area contributed by atoms with Gasteiger partial charge < -0.3 is 14.6 Å². The van der Waals surface area contributed by atoms with Crippen LogP contribution in [0.1, 0.15) is 30.8 Å². The average Bonchev–Trinajstić information content (AvgIpc) is 2.98. The molecule has 1 N–H and O–H groups in total. The molecular formula is C22H27N3O2. The van der Waals surface area contributed by atoms with Gasteiger partial charge in [0.2, 0.25) is 5.91 Å². The van der Waals surface area contributed by atoms with Crippen molar-refractivity contribution in [3.8, 4) is 5.75 Å². The third-order valence-corrected chi connectivity index (χ3v) is 4.44. The van der Waals surface area contributed by atoms with E-state index in [-0.39, 0.29) is 12.5 Å². The molecule has 1 amide bonds. The molecule has 5 heteroatoms. The maximum atomic E-state index is 12.4. The molecule has 0 aliphatic rings. The van der Waals surface area contributed by atoms with Gasteiger partial charge in [0.25, 0.3) is 0 Å². The molecule has 2 aromatic carbocycles. The van der Waals surface area contributed by atoms with E-state index >= 15 is 0 Å². The van der Waals surface area contributed by atoms with Crippen molar-refractivity contribution < 1.29 is 9.53 Å². The van der Waals surface area contributed by atoms with E-state index in [9.17, 15) is 4.79 Å². The fourth-order valence-electron chi connectivity index (χ4n) is 2.93. The number of ether oxygens (including phenoxy) is 1. The minimum absolute atomic E-state index is 0.0140. The Labute approximate surface area is 160 Å². The number of para-hydroxylation sites is 2. The largest absolute Gasteiger partial charge is 0.485 e. The molecule has 0 aliphatic carbocycles. The number of imidazole rings is 1. The molecule has 3 aromatic rings. The molecule has 0 spiro atoms. The number of rotatable bonds is 7. The topological polar surface area (TPSA) is 56.2 Å². The van der Waals surface area contributed by atoms with E-state index in [1.54, 1.807) is 0 Å². The summed E-state index contributed by atoms with van der Waals surface area (Å²) in [5.74, 6) is 2.00. The first kappa shape index (κ1) is 19.0. The lowest BCUT2D eigenvalue weighted by Crippen LogP contribution is -2.31. The van der Waals surface area contributed by atoms with Gasteiger partial charge >= 0.3 is 0 Å². The number of nitrogens with zero attached hydrogens (tertiary/aromatic N) is 2. The minimum atomic E-state index is -0.0140. The lowest BCUT2D eigenvalue weighted by atomic mass is 10.1. The van der Waals surface area contributed by atoms with Gasteiger partial charge in [0, 0.05) is 6.54 Å². The number of benzene rings is 2. The number of hydrogen-bond donors (Lipinski definition) is 1. The summed E-state index contributed by atoms with van der Waals surface area (Å²) in [6.07, 6.45) is 0. The number of fused-ring (bicyclic) bond motifs is 1. The highest BCUT2D eigenvalue weighted by Gasteiger charge is 2.14. The van der Waals surface area contributed by atoms with Crippen molar-refractivity contribution in [3.63, 3.8) is 0 Å². The molecule has 3 rings (SSSR count). The Kier molecular flexibility index (Phi) is 5.79. The fourth-order valence-corrected chi connectivity index (χ4v) is 2.93. The van der Waals surface area contributed by atoms with E-state index in [0.717, 1.165) is 33.7 Å². The summed E-state index contributed by atoms with van der Waals surface area (Å²) < 4.78 is 7.98. The molecule has 0 bridgehead atoms. The van der Waals surface area contributed by atoms with Gasteiger partial charge in [-0.1, -0.05) is 38.1 Å². The molecule has 0 radical (unpaired) electrons. The first-order valence-electron chi connectivity index (χ1n) is 9.35. The number of aryl methyl sites for hydroxylation is 2. The Morgan fingerprint density at radius 1 is 1.19 bits per heavy atom. The van der Waals surface area contributed by atoms with Gasteiger partial charge in [-0.15, -0.1) is 0 Å². The Balaban J connectivity index is 1.83. The van der Waals surface area contributed by atoms with Crippen molar-refractivity contribution in [2.45, 2.75) is 40.8 Å². The van der Waals surface area contributed by atoms with Gasteiger partial charge in [-0.05, 0) is 49.1 Å². The van der Waals surface area contributed by atoms with E-state index in [4.69, 9.17) is 4.74 Å².